The zero-order valence-corrected chi connectivity index (χ0v) is 14.1. The summed E-state index contributed by atoms with van der Waals surface area (Å²) >= 11 is 0. The molecule has 0 saturated carbocycles. The van der Waals surface area contributed by atoms with Crippen LogP contribution in [0.15, 0.2) is 29.1 Å². The zero-order chi connectivity index (χ0) is 18.6. The Balaban J connectivity index is 2.22. The number of amides is 2. The van der Waals surface area contributed by atoms with Crippen molar-refractivity contribution in [1.82, 2.24) is 15.1 Å². The van der Waals surface area contributed by atoms with E-state index in [2.05, 4.69) is 15.7 Å². The van der Waals surface area contributed by atoms with Crippen LogP contribution in [0, 0.1) is 25.2 Å². The van der Waals surface area contributed by atoms with Crippen LogP contribution in [0.5, 0.6) is 0 Å². The van der Waals surface area contributed by atoms with Gasteiger partial charge in [-0.15, -0.1) is 0 Å². The Bertz CT molecular complexity index is 940. The topological polar surface area (TPSA) is 117 Å². The standard InChI is InChI=1S/C17H17N5O3/c1-10-11(2)21-22(17(25)14(10)8-18)9-15(23)20-13-6-4-5-12(7-13)16(24)19-3/h4-7H,9H2,1-3H3,(H,19,24)(H,20,23). The molecule has 2 rings (SSSR count). The van der Waals surface area contributed by atoms with Gasteiger partial charge in [0, 0.05) is 18.3 Å². The Morgan fingerprint density at radius 2 is 2.04 bits per heavy atom. The molecule has 0 saturated heterocycles. The fourth-order valence-electron chi connectivity index (χ4n) is 2.23. The van der Waals surface area contributed by atoms with E-state index in [9.17, 15) is 14.4 Å². The van der Waals surface area contributed by atoms with Crippen molar-refractivity contribution < 1.29 is 9.59 Å². The number of hydrogen-bond acceptors (Lipinski definition) is 5. The minimum atomic E-state index is -0.611. The second-order valence-corrected chi connectivity index (χ2v) is 5.37. The Morgan fingerprint density at radius 3 is 2.68 bits per heavy atom. The van der Waals surface area contributed by atoms with Gasteiger partial charge in [-0.2, -0.15) is 10.4 Å². The van der Waals surface area contributed by atoms with Crippen LogP contribution in [-0.2, 0) is 11.3 Å². The SMILES string of the molecule is CNC(=O)c1cccc(NC(=O)Cn2nc(C)c(C)c(C#N)c2=O)c1. The molecule has 0 fully saturated rings. The highest BCUT2D eigenvalue weighted by Gasteiger charge is 2.14. The van der Waals surface area contributed by atoms with Gasteiger partial charge in [0.25, 0.3) is 11.5 Å². The molecule has 128 valence electrons. The molecule has 1 heterocycles. The highest BCUT2D eigenvalue weighted by molar-refractivity contribution is 5.96. The number of hydrogen-bond donors (Lipinski definition) is 2. The summed E-state index contributed by atoms with van der Waals surface area (Å²) in [6.07, 6.45) is 0. The highest BCUT2D eigenvalue weighted by Crippen LogP contribution is 2.11. The van der Waals surface area contributed by atoms with E-state index < -0.39 is 11.5 Å². The number of nitriles is 1. The predicted octanol–water partition coefficient (Wildman–Crippen LogP) is 0.730. The minimum Gasteiger partial charge on any atom is -0.355 e. The molecule has 0 radical (unpaired) electrons. The summed E-state index contributed by atoms with van der Waals surface area (Å²) in [7, 11) is 1.51. The number of carbonyl (C=O) groups excluding carboxylic acids is 2. The summed E-state index contributed by atoms with van der Waals surface area (Å²) in [6.45, 7) is 2.96. The Hall–Kier alpha value is -3.47. The average Bonchev–Trinajstić information content (AvgIpc) is 2.59. The highest BCUT2D eigenvalue weighted by atomic mass is 16.2. The van der Waals surface area contributed by atoms with Gasteiger partial charge in [0.2, 0.25) is 5.91 Å². The molecule has 2 amide bonds. The van der Waals surface area contributed by atoms with Crippen molar-refractivity contribution in [3.63, 3.8) is 0 Å². The van der Waals surface area contributed by atoms with Crippen molar-refractivity contribution in [1.29, 1.82) is 5.26 Å². The largest absolute Gasteiger partial charge is 0.355 e. The quantitative estimate of drug-likeness (QED) is 0.851. The van der Waals surface area contributed by atoms with E-state index in [1.165, 1.54) is 13.1 Å². The van der Waals surface area contributed by atoms with Crippen molar-refractivity contribution in [2.75, 3.05) is 12.4 Å². The number of nitrogens with zero attached hydrogens (tertiary/aromatic N) is 3. The molecule has 0 atom stereocenters. The summed E-state index contributed by atoms with van der Waals surface area (Å²) in [5, 5.41) is 18.2. The van der Waals surface area contributed by atoms with Crippen LogP contribution in [0.25, 0.3) is 0 Å². The van der Waals surface area contributed by atoms with Crippen LogP contribution in [0.2, 0.25) is 0 Å². The predicted molar refractivity (Wildman–Crippen MR) is 91.1 cm³/mol. The van der Waals surface area contributed by atoms with Crippen LogP contribution in [0.1, 0.15) is 27.2 Å². The van der Waals surface area contributed by atoms with Gasteiger partial charge in [-0.3, -0.25) is 14.4 Å². The number of aryl methyl sites for hydroxylation is 1. The molecular formula is C17H17N5O3. The van der Waals surface area contributed by atoms with Gasteiger partial charge in [0.1, 0.15) is 18.2 Å². The maximum Gasteiger partial charge on any atom is 0.285 e. The molecule has 0 aliphatic carbocycles. The van der Waals surface area contributed by atoms with Crippen LogP contribution >= 0.6 is 0 Å². The van der Waals surface area contributed by atoms with E-state index in [1.807, 2.05) is 6.07 Å². The molecule has 0 unspecified atom stereocenters. The third-order valence-corrected chi connectivity index (χ3v) is 3.68. The van der Waals surface area contributed by atoms with E-state index in [4.69, 9.17) is 5.26 Å². The van der Waals surface area contributed by atoms with Crippen molar-refractivity contribution in [3.05, 3.63) is 57.0 Å². The summed E-state index contributed by atoms with van der Waals surface area (Å²) in [5.41, 5.74) is 1.19. The van der Waals surface area contributed by atoms with Gasteiger partial charge >= 0.3 is 0 Å². The Morgan fingerprint density at radius 1 is 1.32 bits per heavy atom. The van der Waals surface area contributed by atoms with Crippen molar-refractivity contribution in [2.45, 2.75) is 20.4 Å². The molecule has 2 aromatic rings. The lowest BCUT2D eigenvalue weighted by Crippen LogP contribution is -2.32. The first-order valence-corrected chi connectivity index (χ1v) is 7.47. The zero-order valence-electron chi connectivity index (χ0n) is 14.1. The molecule has 0 bridgehead atoms. The molecule has 0 spiro atoms. The third kappa shape index (κ3) is 3.90. The number of aromatic nitrogens is 2. The molecule has 8 nitrogen and oxygen atoms in total. The van der Waals surface area contributed by atoms with Gasteiger partial charge in [-0.25, -0.2) is 4.68 Å². The number of benzene rings is 1. The molecule has 2 N–H and O–H groups in total. The minimum absolute atomic E-state index is 0.0260. The van der Waals surface area contributed by atoms with Gasteiger partial charge in [-0.1, -0.05) is 6.07 Å². The molecule has 0 aliphatic heterocycles. The van der Waals surface area contributed by atoms with Crippen LogP contribution < -0.4 is 16.2 Å². The summed E-state index contributed by atoms with van der Waals surface area (Å²) in [5.74, 6) is -0.766. The fourth-order valence-corrected chi connectivity index (χ4v) is 2.23. The summed E-state index contributed by atoms with van der Waals surface area (Å²) < 4.78 is 0.957. The molecule has 1 aromatic carbocycles. The van der Waals surface area contributed by atoms with Crippen molar-refractivity contribution in [3.8, 4) is 6.07 Å². The van der Waals surface area contributed by atoms with E-state index in [0.717, 1.165) is 4.68 Å². The first-order chi connectivity index (χ1) is 11.9. The number of rotatable bonds is 4. The second-order valence-electron chi connectivity index (χ2n) is 5.37. The van der Waals surface area contributed by atoms with Crippen LogP contribution in [0.3, 0.4) is 0 Å². The first kappa shape index (κ1) is 17.9. The van der Waals surface area contributed by atoms with E-state index in [0.29, 0.717) is 22.5 Å². The normalized spacial score (nSPS) is 10.0. The first-order valence-electron chi connectivity index (χ1n) is 7.47. The number of carbonyl (C=O) groups is 2. The smallest absolute Gasteiger partial charge is 0.285 e. The lowest BCUT2D eigenvalue weighted by atomic mass is 10.1. The third-order valence-electron chi connectivity index (χ3n) is 3.68. The second kappa shape index (κ2) is 7.40. The van der Waals surface area contributed by atoms with E-state index in [-0.39, 0.29) is 18.0 Å². The van der Waals surface area contributed by atoms with E-state index >= 15 is 0 Å². The molecular weight excluding hydrogens is 322 g/mol. The van der Waals surface area contributed by atoms with E-state index in [1.54, 1.807) is 32.0 Å². The Kier molecular flexibility index (Phi) is 5.29. The molecule has 25 heavy (non-hydrogen) atoms. The number of nitrogens with one attached hydrogen (secondary N) is 2. The molecule has 8 heteroatoms. The molecule has 0 aliphatic rings. The van der Waals surface area contributed by atoms with Crippen LogP contribution in [-0.4, -0.2) is 28.6 Å². The van der Waals surface area contributed by atoms with Gasteiger partial charge in [0.05, 0.1) is 5.69 Å². The van der Waals surface area contributed by atoms with Gasteiger partial charge < -0.3 is 10.6 Å². The van der Waals surface area contributed by atoms with Crippen molar-refractivity contribution in [2.24, 2.45) is 0 Å². The maximum absolute atomic E-state index is 12.2. The maximum atomic E-state index is 12.2. The molecule has 1 aromatic heterocycles. The summed E-state index contributed by atoms with van der Waals surface area (Å²) in [6, 6.07) is 8.24. The van der Waals surface area contributed by atoms with Crippen molar-refractivity contribution >= 4 is 17.5 Å². The lowest BCUT2D eigenvalue weighted by molar-refractivity contribution is -0.117. The monoisotopic (exact) mass is 339 g/mol. The van der Waals surface area contributed by atoms with Gasteiger partial charge in [0.15, 0.2) is 0 Å². The lowest BCUT2D eigenvalue weighted by Gasteiger charge is -2.10. The Labute approximate surface area is 144 Å². The van der Waals surface area contributed by atoms with Crippen LogP contribution in [0.4, 0.5) is 5.69 Å². The number of anilines is 1. The van der Waals surface area contributed by atoms with Gasteiger partial charge in [-0.05, 0) is 37.6 Å². The average molecular weight is 339 g/mol. The summed E-state index contributed by atoms with van der Waals surface area (Å²) in [4.78, 5) is 36.0. The fraction of sp³-hybridized carbons (Fsp3) is 0.235.